The summed E-state index contributed by atoms with van der Waals surface area (Å²) in [6, 6.07) is 0. The maximum absolute atomic E-state index is 12.9. The number of rotatable bonds is 62. The molecule has 0 radical (unpaired) electrons. The lowest BCUT2D eigenvalue weighted by Gasteiger charge is -2.25. The van der Waals surface area contributed by atoms with Gasteiger partial charge >= 0.3 is 17.9 Å². The Kier molecular flexibility index (Phi) is 64.0. The van der Waals surface area contributed by atoms with Gasteiger partial charge in [-0.05, 0) is 135 Å². The number of hydrogen-bond donors (Lipinski definition) is 1. The minimum absolute atomic E-state index is 0.171. The molecule has 0 saturated carbocycles. The summed E-state index contributed by atoms with van der Waals surface area (Å²) in [7, 11) is 5.95. The van der Waals surface area contributed by atoms with Crippen molar-refractivity contribution in [2.75, 3.05) is 47.5 Å². The Bertz CT molecular complexity index is 2120. The van der Waals surface area contributed by atoms with Crippen LogP contribution in [0, 0.1) is 0 Å². The van der Waals surface area contributed by atoms with Gasteiger partial charge in [-0.25, -0.2) is 4.79 Å². The minimum atomic E-state index is -1.53. The number of carbonyl (C=O) groups is 3. The Labute approximate surface area is 545 Å². The molecule has 0 spiro atoms. The van der Waals surface area contributed by atoms with E-state index in [0.717, 1.165) is 135 Å². The average Bonchev–Trinajstić information content (AvgIpc) is 3.64. The summed E-state index contributed by atoms with van der Waals surface area (Å²) in [4.78, 5) is 37.6. The summed E-state index contributed by atoms with van der Waals surface area (Å²) in [6.07, 6.45) is 101. The smallest absolute Gasteiger partial charge is 0.361 e. The van der Waals surface area contributed by atoms with Crippen molar-refractivity contribution in [3.8, 4) is 0 Å². The van der Waals surface area contributed by atoms with E-state index in [0.29, 0.717) is 17.4 Å². The van der Waals surface area contributed by atoms with E-state index in [2.05, 4.69) is 196 Å². The quantitative estimate of drug-likeness (QED) is 0.0211. The van der Waals surface area contributed by atoms with E-state index in [9.17, 15) is 19.5 Å². The largest absolute Gasteiger partial charge is 0.477 e. The molecule has 0 amide bonds. The third-order valence-corrected chi connectivity index (χ3v) is 14.2. The molecule has 0 bridgehead atoms. The summed E-state index contributed by atoms with van der Waals surface area (Å²) < 4.78 is 22.9. The first-order chi connectivity index (χ1) is 43.6. The Hall–Kier alpha value is -5.61. The number of unbranched alkanes of at least 4 members (excludes halogenated alkanes) is 17. The SMILES string of the molecule is CC/C=C\C/C=C\C/C=C\C/C=C\C/C=C\C/C=C\C/C=C\C/C=C\C/C=C\CCCCCC(=O)OC(COC(=O)CCCCCCCCCCCCCCCC/C=C\C/C=C\C/C=C\C/C=C\C/C=C\C/C=C\CC)COC(OCC[N+](C)(C)C)C(=O)O. The Morgan fingerprint density at radius 1 is 0.337 bits per heavy atom. The highest BCUT2D eigenvalue weighted by atomic mass is 16.7. The van der Waals surface area contributed by atoms with E-state index in [-0.39, 0.29) is 38.6 Å². The van der Waals surface area contributed by atoms with Crippen molar-refractivity contribution in [1.29, 1.82) is 0 Å². The molecule has 0 aliphatic carbocycles. The van der Waals surface area contributed by atoms with Crippen molar-refractivity contribution in [2.45, 2.75) is 257 Å². The Balaban J connectivity index is 4.25. The number of allylic oxidation sites excluding steroid dienone is 30. The van der Waals surface area contributed by atoms with Crippen molar-refractivity contribution < 1.29 is 42.9 Å². The first-order valence-corrected chi connectivity index (χ1v) is 34.9. The van der Waals surface area contributed by atoms with Crippen LogP contribution in [-0.2, 0) is 33.3 Å². The number of nitrogens with zero attached hydrogens (tertiary/aromatic N) is 1. The van der Waals surface area contributed by atoms with E-state index in [1.807, 2.05) is 21.1 Å². The zero-order valence-corrected chi connectivity index (χ0v) is 57.0. The second-order valence-corrected chi connectivity index (χ2v) is 23.7. The van der Waals surface area contributed by atoms with Gasteiger partial charge in [-0.3, -0.25) is 9.59 Å². The summed E-state index contributed by atoms with van der Waals surface area (Å²) in [5.41, 5.74) is 0. The minimum Gasteiger partial charge on any atom is -0.477 e. The van der Waals surface area contributed by atoms with Crippen molar-refractivity contribution >= 4 is 17.9 Å². The number of carboxylic acid groups (broad SMARTS) is 1. The van der Waals surface area contributed by atoms with Crippen molar-refractivity contribution in [2.24, 2.45) is 0 Å². The van der Waals surface area contributed by atoms with Crippen LogP contribution in [0.1, 0.15) is 245 Å². The monoisotopic (exact) mass is 1230 g/mol. The van der Waals surface area contributed by atoms with Gasteiger partial charge in [0.05, 0.1) is 34.4 Å². The third-order valence-electron chi connectivity index (χ3n) is 14.2. The molecule has 0 aromatic carbocycles. The number of ether oxygens (including phenoxy) is 4. The van der Waals surface area contributed by atoms with Crippen LogP contribution >= 0.6 is 0 Å². The molecule has 9 nitrogen and oxygen atoms in total. The summed E-state index contributed by atoms with van der Waals surface area (Å²) in [5, 5.41) is 9.75. The molecule has 0 aliphatic heterocycles. The van der Waals surface area contributed by atoms with Crippen LogP contribution < -0.4 is 0 Å². The molecule has 0 aromatic heterocycles. The molecule has 0 fully saturated rings. The average molecular weight is 1230 g/mol. The highest BCUT2D eigenvalue weighted by molar-refractivity contribution is 5.71. The molecule has 1 N–H and O–H groups in total. The number of carbonyl (C=O) groups excluding carboxylic acids is 2. The number of aliphatic carboxylic acids is 1. The molecule has 2 unspecified atom stereocenters. The number of quaternary nitrogens is 1. The molecule has 0 rings (SSSR count). The first-order valence-electron chi connectivity index (χ1n) is 34.9. The van der Waals surface area contributed by atoms with Crippen LogP contribution in [0.4, 0.5) is 0 Å². The molecule has 0 saturated heterocycles. The number of carboxylic acids is 1. The summed E-state index contributed by atoms with van der Waals surface area (Å²) in [6.45, 7) is 4.59. The molecule has 2 atom stereocenters. The number of esters is 2. The molecule has 0 heterocycles. The van der Waals surface area contributed by atoms with E-state index in [4.69, 9.17) is 18.9 Å². The van der Waals surface area contributed by atoms with Gasteiger partial charge in [0, 0.05) is 12.8 Å². The Morgan fingerprint density at radius 2 is 0.607 bits per heavy atom. The molecule has 9 heteroatoms. The lowest BCUT2D eigenvalue weighted by molar-refractivity contribution is -0.870. The van der Waals surface area contributed by atoms with Crippen LogP contribution in [0.2, 0.25) is 0 Å². The topological polar surface area (TPSA) is 108 Å². The Morgan fingerprint density at radius 3 is 0.910 bits per heavy atom. The van der Waals surface area contributed by atoms with E-state index >= 15 is 0 Å². The maximum atomic E-state index is 12.9. The van der Waals surface area contributed by atoms with Gasteiger partial charge in [-0.15, -0.1) is 0 Å². The van der Waals surface area contributed by atoms with E-state index in [1.54, 1.807) is 0 Å². The molecule has 89 heavy (non-hydrogen) atoms. The third kappa shape index (κ3) is 69.7. The number of likely N-dealkylation sites (N-methyl/N-ethyl adjacent to an activating group) is 1. The summed E-state index contributed by atoms with van der Waals surface area (Å²) >= 11 is 0. The molecule has 500 valence electrons. The molecule has 0 aromatic rings. The van der Waals surface area contributed by atoms with Crippen LogP contribution in [0.3, 0.4) is 0 Å². The second kappa shape index (κ2) is 68.3. The predicted octanol–water partition coefficient (Wildman–Crippen LogP) is 22.0. The standard InChI is InChI=1S/C80H127NO8/c1-6-8-10-12-14-16-18-20-22-24-26-28-30-32-34-36-38-39-41-42-44-46-48-50-52-54-56-58-60-62-64-66-68-70-77(82)87-74-76(75-88-80(79(84)85)86-73-72-81(3,4)5)89-78(83)71-69-67-65-63-61-59-57-55-53-51-49-47-45-43-40-37-35-33-31-29-27-25-23-21-19-17-15-13-11-9-7-2/h8-11,14-17,20-23,26-29,32-35,38-40,43,47,49,53,55,59,61,76,80H,6-7,12-13,18-19,24-25,30-31,36-37,41-42,44-46,48,50-52,54,56-58,60,62-75H2,1-5H3/p+1/b10-8-,11-9-,16-14-,17-15-,22-20-,23-21-,28-26-,29-27-,34-32-,35-33-,39-38-,43-40-,49-47-,55-53-,61-59-. The van der Waals surface area contributed by atoms with Crippen LogP contribution in [-0.4, -0.2) is 87.4 Å². The van der Waals surface area contributed by atoms with Crippen molar-refractivity contribution in [3.63, 3.8) is 0 Å². The normalized spacial score (nSPS) is 13.9. The highest BCUT2D eigenvalue weighted by Crippen LogP contribution is 2.15. The molecular weight excluding hydrogens is 1100 g/mol. The first kappa shape index (κ1) is 83.4. The fourth-order valence-electron chi connectivity index (χ4n) is 8.89. The van der Waals surface area contributed by atoms with E-state index in [1.165, 1.54) is 77.0 Å². The summed E-state index contributed by atoms with van der Waals surface area (Å²) in [5.74, 6) is -2.07. The fourth-order valence-corrected chi connectivity index (χ4v) is 8.89. The van der Waals surface area contributed by atoms with Gasteiger partial charge in [0.15, 0.2) is 6.10 Å². The zero-order valence-electron chi connectivity index (χ0n) is 57.0. The fraction of sp³-hybridized carbons (Fsp3) is 0.588. The highest BCUT2D eigenvalue weighted by Gasteiger charge is 2.25. The lowest BCUT2D eigenvalue weighted by Crippen LogP contribution is -2.40. The van der Waals surface area contributed by atoms with Gasteiger partial charge in [0.2, 0.25) is 0 Å². The van der Waals surface area contributed by atoms with Crippen LogP contribution in [0.5, 0.6) is 0 Å². The van der Waals surface area contributed by atoms with Gasteiger partial charge in [0.1, 0.15) is 13.2 Å². The van der Waals surface area contributed by atoms with Gasteiger partial charge in [-0.2, -0.15) is 0 Å². The molecular formula is C80H128NO8+. The predicted molar refractivity (Wildman–Crippen MR) is 382 cm³/mol. The van der Waals surface area contributed by atoms with Crippen LogP contribution in [0.25, 0.3) is 0 Å². The van der Waals surface area contributed by atoms with Gasteiger partial charge in [-0.1, -0.05) is 280 Å². The molecule has 0 aliphatic rings. The maximum Gasteiger partial charge on any atom is 0.361 e. The van der Waals surface area contributed by atoms with E-state index < -0.39 is 24.3 Å². The van der Waals surface area contributed by atoms with Crippen molar-refractivity contribution in [3.05, 3.63) is 182 Å². The van der Waals surface area contributed by atoms with Gasteiger partial charge < -0.3 is 28.5 Å². The number of hydrogen-bond acceptors (Lipinski definition) is 7. The van der Waals surface area contributed by atoms with Gasteiger partial charge in [0.25, 0.3) is 6.29 Å². The van der Waals surface area contributed by atoms with Crippen molar-refractivity contribution in [1.82, 2.24) is 0 Å². The second-order valence-electron chi connectivity index (χ2n) is 23.7. The zero-order chi connectivity index (χ0) is 64.7. The lowest BCUT2D eigenvalue weighted by atomic mass is 10.0. The van der Waals surface area contributed by atoms with Crippen LogP contribution in [0.15, 0.2) is 182 Å².